The molecule has 2 heterocycles. The molecule has 0 fully saturated rings. The van der Waals surface area contributed by atoms with Gasteiger partial charge in [0, 0.05) is 12.6 Å². The third kappa shape index (κ3) is 4.52. The van der Waals surface area contributed by atoms with E-state index in [4.69, 9.17) is 14.2 Å². The number of amides is 2. The van der Waals surface area contributed by atoms with Gasteiger partial charge in [0.1, 0.15) is 13.2 Å². The minimum atomic E-state index is -0.538. The van der Waals surface area contributed by atoms with Gasteiger partial charge < -0.3 is 19.1 Å². The summed E-state index contributed by atoms with van der Waals surface area (Å²) in [5, 5.41) is 0. The Balaban J connectivity index is 1.55. The van der Waals surface area contributed by atoms with Crippen molar-refractivity contribution in [3.63, 3.8) is 0 Å². The molecule has 0 spiro atoms. The SMILES string of the molecule is C=CCOC(=O)N1C[C@@H]2Cc3ccccc3CN2C(=O)c2cc(OC)c(OCc3ccccc3)cc21. The van der Waals surface area contributed by atoms with Gasteiger partial charge >= 0.3 is 6.09 Å². The number of rotatable bonds is 6. The summed E-state index contributed by atoms with van der Waals surface area (Å²) in [7, 11) is 1.54. The molecule has 7 nitrogen and oxygen atoms in total. The molecule has 0 saturated heterocycles. The molecule has 2 aliphatic rings. The van der Waals surface area contributed by atoms with Gasteiger partial charge in [-0.1, -0.05) is 67.3 Å². The van der Waals surface area contributed by atoms with Crippen LogP contribution in [0, 0.1) is 0 Å². The van der Waals surface area contributed by atoms with Crippen molar-refractivity contribution in [1.29, 1.82) is 0 Å². The first-order valence-electron chi connectivity index (χ1n) is 11.9. The fourth-order valence-electron chi connectivity index (χ4n) is 4.78. The number of carbonyl (C=O) groups is 2. The van der Waals surface area contributed by atoms with Crippen molar-refractivity contribution < 1.29 is 23.8 Å². The number of ether oxygens (including phenoxy) is 3. The highest BCUT2D eigenvalue weighted by Gasteiger charge is 2.39. The second-order valence-electron chi connectivity index (χ2n) is 8.83. The zero-order chi connectivity index (χ0) is 25.1. The van der Waals surface area contributed by atoms with Gasteiger partial charge in [-0.2, -0.15) is 0 Å². The predicted molar refractivity (Wildman–Crippen MR) is 136 cm³/mol. The number of benzene rings is 3. The maximum absolute atomic E-state index is 13.9. The Bertz CT molecular complexity index is 1290. The zero-order valence-electron chi connectivity index (χ0n) is 20.2. The van der Waals surface area contributed by atoms with E-state index in [0.29, 0.717) is 48.9 Å². The number of hydrogen-bond acceptors (Lipinski definition) is 5. The van der Waals surface area contributed by atoms with Crippen molar-refractivity contribution in [1.82, 2.24) is 4.90 Å². The van der Waals surface area contributed by atoms with E-state index in [9.17, 15) is 9.59 Å². The summed E-state index contributed by atoms with van der Waals surface area (Å²) in [4.78, 5) is 30.4. The van der Waals surface area contributed by atoms with Gasteiger partial charge in [0.15, 0.2) is 11.5 Å². The van der Waals surface area contributed by atoms with Crippen molar-refractivity contribution in [2.75, 3.05) is 25.2 Å². The normalized spacial score (nSPS) is 16.2. The maximum Gasteiger partial charge on any atom is 0.414 e. The van der Waals surface area contributed by atoms with Crippen LogP contribution in [0.5, 0.6) is 11.5 Å². The molecule has 0 unspecified atom stereocenters. The highest BCUT2D eigenvalue weighted by Crippen LogP contribution is 2.40. The molecule has 0 N–H and O–H groups in total. The topological polar surface area (TPSA) is 68.3 Å². The molecular weight excluding hydrogens is 456 g/mol. The summed E-state index contributed by atoms with van der Waals surface area (Å²) in [5.74, 6) is 0.710. The van der Waals surface area contributed by atoms with Crippen LogP contribution in [0.25, 0.3) is 0 Å². The number of carbonyl (C=O) groups excluding carboxylic acids is 2. The minimum Gasteiger partial charge on any atom is -0.493 e. The Morgan fingerprint density at radius 1 is 1.06 bits per heavy atom. The highest BCUT2D eigenvalue weighted by molar-refractivity contribution is 6.05. The number of nitrogens with zero attached hydrogens (tertiary/aromatic N) is 2. The summed E-state index contributed by atoms with van der Waals surface area (Å²) < 4.78 is 17.1. The molecule has 0 bridgehead atoms. The van der Waals surface area contributed by atoms with Gasteiger partial charge in [-0.05, 0) is 29.2 Å². The molecule has 3 aromatic rings. The van der Waals surface area contributed by atoms with Crippen LogP contribution < -0.4 is 14.4 Å². The fourth-order valence-corrected chi connectivity index (χ4v) is 4.78. The number of anilines is 1. The van der Waals surface area contributed by atoms with Gasteiger partial charge in [-0.15, -0.1) is 0 Å². The van der Waals surface area contributed by atoms with E-state index >= 15 is 0 Å². The largest absolute Gasteiger partial charge is 0.493 e. The summed E-state index contributed by atoms with van der Waals surface area (Å²) in [5.41, 5.74) is 4.10. The molecular formula is C29H28N2O5. The number of hydrogen-bond donors (Lipinski definition) is 0. The van der Waals surface area contributed by atoms with Crippen molar-refractivity contribution in [2.45, 2.75) is 25.6 Å². The Hall–Kier alpha value is -4.26. The molecule has 2 amide bonds. The zero-order valence-corrected chi connectivity index (χ0v) is 20.2. The van der Waals surface area contributed by atoms with E-state index in [-0.39, 0.29) is 18.6 Å². The molecule has 36 heavy (non-hydrogen) atoms. The lowest BCUT2D eigenvalue weighted by molar-refractivity contribution is 0.0654. The van der Waals surface area contributed by atoms with Crippen LogP contribution in [0.4, 0.5) is 10.5 Å². The molecule has 0 saturated carbocycles. The van der Waals surface area contributed by atoms with Crippen molar-refractivity contribution in [2.24, 2.45) is 0 Å². The Kier molecular flexibility index (Phi) is 6.62. The van der Waals surface area contributed by atoms with Crippen LogP contribution in [-0.4, -0.2) is 43.2 Å². The lowest BCUT2D eigenvalue weighted by atomic mass is 9.93. The van der Waals surface area contributed by atoms with E-state index < -0.39 is 6.09 Å². The fraction of sp³-hybridized carbons (Fsp3) is 0.241. The molecule has 0 aromatic heterocycles. The molecule has 5 rings (SSSR count). The molecule has 184 valence electrons. The van der Waals surface area contributed by atoms with E-state index in [0.717, 1.165) is 11.1 Å². The quantitative estimate of drug-likeness (QED) is 0.462. The first-order chi connectivity index (χ1) is 17.6. The smallest absolute Gasteiger partial charge is 0.414 e. The summed E-state index contributed by atoms with van der Waals surface area (Å²) >= 11 is 0. The number of fused-ring (bicyclic) bond motifs is 3. The van der Waals surface area contributed by atoms with Crippen LogP contribution in [0.2, 0.25) is 0 Å². The minimum absolute atomic E-state index is 0.0728. The van der Waals surface area contributed by atoms with Gasteiger partial charge in [0.05, 0.1) is 30.9 Å². The van der Waals surface area contributed by atoms with Crippen LogP contribution in [0.15, 0.2) is 79.4 Å². The van der Waals surface area contributed by atoms with Gasteiger partial charge in [-0.3, -0.25) is 9.69 Å². The Labute approximate surface area is 210 Å². The second-order valence-corrected chi connectivity index (χ2v) is 8.83. The van der Waals surface area contributed by atoms with Crippen LogP contribution >= 0.6 is 0 Å². The van der Waals surface area contributed by atoms with E-state index in [1.54, 1.807) is 12.1 Å². The lowest BCUT2D eigenvalue weighted by Crippen LogP contribution is -2.48. The standard InChI is InChI=1S/C29H28N2O5/c1-3-13-35-29(33)31-18-23-14-21-11-7-8-12-22(21)17-30(23)28(32)24-15-26(34-2)27(16-25(24)31)36-19-20-9-5-4-6-10-20/h3-12,15-16,23H,1,13-14,17-19H2,2H3/t23-/m0/s1. The van der Waals surface area contributed by atoms with E-state index in [1.807, 2.05) is 53.4 Å². The highest BCUT2D eigenvalue weighted by atomic mass is 16.6. The first kappa shape index (κ1) is 23.5. The third-order valence-corrected chi connectivity index (χ3v) is 6.59. The average molecular weight is 485 g/mol. The molecule has 0 aliphatic carbocycles. The third-order valence-electron chi connectivity index (χ3n) is 6.59. The molecule has 7 heteroatoms. The summed E-state index contributed by atoms with van der Waals surface area (Å²) in [6, 6.07) is 21.0. The Morgan fingerprint density at radius 2 is 1.81 bits per heavy atom. The van der Waals surface area contributed by atoms with E-state index in [1.165, 1.54) is 23.6 Å². The van der Waals surface area contributed by atoms with Crippen molar-refractivity contribution in [3.8, 4) is 11.5 Å². The van der Waals surface area contributed by atoms with Crippen LogP contribution in [0.1, 0.15) is 27.0 Å². The van der Waals surface area contributed by atoms with Crippen LogP contribution in [-0.2, 0) is 24.3 Å². The Morgan fingerprint density at radius 3 is 2.56 bits per heavy atom. The van der Waals surface area contributed by atoms with Crippen molar-refractivity contribution in [3.05, 3.63) is 102 Å². The molecule has 0 radical (unpaired) electrons. The maximum atomic E-state index is 13.9. The van der Waals surface area contributed by atoms with Crippen molar-refractivity contribution >= 4 is 17.7 Å². The van der Waals surface area contributed by atoms with Gasteiger partial charge in [0.25, 0.3) is 5.91 Å². The predicted octanol–water partition coefficient (Wildman–Crippen LogP) is 4.98. The monoisotopic (exact) mass is 484 g/mol. The van der Waals surface area contributed by atoms with Crippen LogP contribution in [0.3, 0.4) is 0 Å². The number of methoxy groups -OCH3 is 1. The average Bonchev–Trinajstić information content (AvgIpc) is 3.03. The van der Waals surface area contributed by atoms with E-state index in [2.05, 4.69) is 12.6 Å². The van der Waals surface area contributed by atoms with Gasteiger partial charge in [0.2, 0.25) is 0 Å². The molecule has 1 atom stereocenters. The first-order valence-corrected chi connectivity index (χ1v) is 11.9. The lowest BCUT2D eigenvalue weighted by Gasteiger charge is -2.36. The second kappa shape index (κ2) is 10.2. The molecule has 3 aromatic carbocycles. The van der Waals surface area contributed by atoms with Gasteiger partial charge in [-0.25, -0.2) is 4.79 Å². The summed E-state index contributed by atoms with van der Waals surface area (Å²) in [6.45, 7) is 4.80. The summed E-state index contributed by atoms with van der Waals surface area (Å²) in [6.07, 6.45) is 1.63. The molecule has 2 aliphatic heterocycles.